The number of aliphatic imine (C=N–C) groups is 1. The summed E-state index contributed by atoms with van der Waals surface area (Å²) in [5.74, 6) is 0.861. The predicted octanol–water partition coefficient (Wildman–Crippen LogP) is 0.846. The fourth-order valence-electron chi connectivity index (χ4n) is 2.75. The van der Waals surface area contributed by atoms with E-state index in [0.29, 0.717) is 6.04 Å². The lowest BCUT2D eigenvalue weighted by molar-refractivity contribution is -0.127. The number of hydrogen-bond acceptors (Lipinski definition) is 3. The van der Waals surface area contributed by atoms with Gasteiger partial charge in [0.2, 0.25) is 5.91 Å². The molecule has 1 unspecified atom stereocenters. The van der Waals surface area contributed by atoms with Crippen LogP contribution in [0.1, 0.15) is 33.1 Å². The van der Waals surface area contributed by atoms with Gasteiger partial charge < -0.3 is 15.1 Å². The van der Waals surface area contributed by atoms with Crippen molar-refractivity contribution in [2.45, 2.75) is 39.2 Å². The van der Waals surface area contributed by atoms with Crippen LogP contribution >= 0.6 is 0 Å². The highest BCUT2D eigenvalue weighted by molar-refractivity contribution is 5.84. The number of likely N-dealkylation sites (tertiary alicyclic amines) is 1. The summed E-state index contributed by atoms with van der Waals surface area (Å²) in [7, 11) is 5.59. The van der Waals surface area contributed by atoms with Gasteiger partial charge in [0.15, 0.2) is 5.96 Å². The second-order valence-corrected chi connectivity index (χ2v) is 6.16. The molecule has 6 nitrogen and oxygen atoms in total. The van der Waals surface area contributed by atoms with Crippen LogP contribution in [0.5, 0.6) is 0 Å². The Kier molecular flexibility index (Phi) is 8.24. The third-order valence-corrected chi connectivity index (χ3v) is 4.15. The zero-order valence-corrected chi connectivity index (χ0v) is 14.9. The van der Waals surface area contributed by atoms with Crippen LogP contribution < -0.4 is 5.32 Å². The number of likely N-dealkylation sites (N-methyl/N-ethyl adjacent to an activating group) is 3. The third kappa shape index (κ3) is 5.83. The smallest absolute Gasteiger partial charge is 0.243 e. The monoisotopic (exact) mass is 311 g/mol. The second-order valence-electron chi connectivity index (χ2n) is 6.16. The molecule has 1 heterocycles. The van der Waals surface area contributed by atoms with E-state index in [1.54, 1.807) is 19.0 Å². The molecule has 0 spiro atoms. The topological polar surface area (TPSA) is 51.2 Å². The Bertz CT molecular complexity index is 370. The minimum absolute atomic E-state index is 0.0280. The van der Waals surface area contributed by atoms with Gasteiger partial charge in [0.25, 0.3) is 0 Å². The normalized spacial score (nSPS) is 19.3. The fraction of sp³-hybridized carbons (Fsp3) is 0.875. The van der Waals surface area contributed by atoms with Crippen LogP contribution in [0.4, 0.5) is 0 Å². The van der Waals surface area contributed by atoms with Crippen molar-refractivity contribution in [3.63, 3.8) is 0 Å². The van der Waals surface area contributed by atoms with E-state index in [1.165, 1.54) is 19.4 Å². The van der Waals surface area contributed by atoms with Crippen molar-refractivity contribution < 1.29 is 4.79 Å². The number of rotatable bonds is 7. The van der Waals surface area contributed by atoms with Crippen molar-refractivity contribution in [3.8, 4) is 0 Å². The molecule has 0 aliphatic carbocycles. The Morgan fingerprint density at radius 1 is 1.32 bits per heavy atom. The van der Waals surface area contributed by atoms with Gasteiger partial charge in [-0.3, -0.25) is 9.69 Å². The molecule has 6 heteroatoms. The maximum absolute atomic E-state index is 11.8. The zero-order valence-electron chi connectivity index (χ0n) is 14.9. The Hall–Kier alpha value is -1.30. The highest BCUT2D eigenvalue weighted by atomic mass is 16.2. The summed E-state index contributed by atoms with van der Waals surface area (Å²) in [6.07, 6.45) is 3.56. The van der Waals surface area contributed by atoms with Gasteiger partial charge >= 0.3 is 0 Å². The van der Waals surface area contributed by atoms with Gasteiger partial charge in [0.05, 0.1) is 0 Å². The van der Waals surface area contributed by atoms with Crippen LogP contribution in [0.15, 0.2) is 4.99 Å². The molecule has 128 valence electrons. The summed E-state index contributed by atoms with van der Waals surface area (Å²) >= 11 is 0. The molecule has 22 heavy (non-hydrogen) atoms. The molecule has 1 aliphatic rings. The SMILES string of the molecule is CCCNC(=NCC(=O)N(C)C)N(C)CC1CCCN1CC. The molecule has 1 N–H and O–H groups in total. The number of carbonyl (C=O) groups is 1. The molecule has 0 aromatic heterocycles. The molecular formula is C16H33N5O. The van der Waals surface area contributed by atoms with Crippen molar-refractivity contribution in [1.82, 2.24) is 20.0 Å². The van der Waals surface area contributed by atoms with E-state index in [-0.39, 0.29) is 12.5 Å². The summed E-state index contributed by atoms with van der Waals surface area (Å²) < 4.78 is 0. The summed E-state index contributed by atoms with van der Waals surface area (Å²) in [6.45, 7) is 8.69. The lowest BCUT2D eigenvalue weighted by Crippen LogP contribution is -2.46. The van der Waals surface area contributed by atoms with Crippen LogP contribution in [0.3, 0.4) is 0 Å². The van der Waals surface area contributed by atoms with Crippen molar-refractivity contribution in [3.05, 3.63) is 0 Å². The predicted molar refractivity (Wildman–Crippen MR) is 92.2 cm³/mol. The maximum atomic E-state index is 11.8. The van der Waals surface area contributed by atoms with Crippen molar-refractivity contribution in [2.24, 2.45) is 4.99 Å². The molecule has 0 aromatic rings. The van der Waals surface area contributed by atoms with Gasteiger partial charge in [0.1, 0.15) is 6.54 Å². The molecule has 1 saturated heterocycles. The molecule has 1 atom stereocenters. The van der Waals surface area contributed by atoms with E-state index < -0.39 is 0 Å². The Labute approximate surface area is 135 Å². The summed E-state index contributed by atoms with van der Waals surface area (Å²) in [4.78, 5) is 22.5. The first-order valence-corrected chi connectivity index (χ1v) is 8.43. The number of carbonyl (C=O) groups excluding carboxylic acids is 1. The summed E-state index contributed by atoms with van der Waals surface area (Å²) in [5, 5.41) is 3.36. The first-order chi connectivity index (χ1) is 10.5. The van der Waals surface area contributed by atoms with Crippen molar-refractivity contribution in [2.75, 3.05) is 53.9 Å². The minimum Gasteiger partial charge on any atom is -0.356 e. The number of nitrogens with one attached hydrogen (secondary N) is 1. The Morgan fingerprint density at radius 2 is 2.05 bits per heavy atom. The molecule has 1 fully saturated rings. The van der Waals surface area contributed by atoms with Gasteiger partial charge in [-0.25, -0.2) is 4.99 Å². The van der Waals surface area contributed by atoms with E-state index >= 15 is 0 Å². The summed E-state index contributed by atoms with van der Waals surface area (Å²) in [6, 6.07) is 0.591. The number of guanidine groups is 1. The lowest BCUT2D eigenvalue weighted by Gasteiger charge is -2.30. The number of hydrogen-bond donors (Lipinski definition) is 1. The molecule has 1 amide bonds. The quantitative estimate of drug-likeness (QED) is 0.559. The van der Waals surface area contributed by atoms with Crippen LogP contribution in [-0.4, -0.2) is 86.5 Å². The first kappa shape index (κ1) is 18.7. The second kappa shape index (κ2) is 9.66. The van der Waals surface area contributed by atoms with E-state index in [1.807, 2.05) is 0 Å². The zero-order chi connectivity index (χ0) is 16.5. The average Bonchev–Trinajstić information content (AvgIpc) is 2.93. The average molecular weight is 311 g/mol. The van der Waals surface area contributed by atoms with Crippen molar-refractivity contribution >= 4 is 11.9 Å². The summed E-state index contributed by atoms with van der Waals surface area (Å²) in [5.41, 5.74) is 0. The standard InChI is InChI=1S/C16H33N5O/c1-6-10-17-16(18-12-15(22)19(3)4)20(5)13-14-9-8-11-21(14)7-2/h14H,6-13H2,1-5H3,(H,17,18). The number of nitrogens with zero attached hydrogens (tertiary/aromatic N) is 4. The van der Waals surface area contributed by atoms with Gasteiger partial charge in [-0.2, -0.15) is 0 Å². The van der Waals surface area contributed by atoms with E-state index in [4.69, 9.17) is 0 Å². The van der Waals surface area contributed by atoms with Crippen molar-refractivity contribution in [1.29, 1.82) is 0 Å². The van der Waals surface area contributed by atoms with Gasteiger partial charge in [-0.15, -0.1) is 0 Å². The molecule has 0 radical (unpaired) electrons. The van der Waals surface area contributed by atoms with E-state index in [0.717, 1.165) is 32.0 Å². The Balaban J connectivity index is 2.64. The van der Waals surface area contributed by atoms with Crippen LogP contribution in [0, 0.1) is 0 Å². The maximum Gasteiger partial charge on any atom is 0.243 e. The fourth-order valence-corrected chi connectivity index (χ4v) is 2.75. The van der Waals surface area contributed by atoms with E-state index in [9.17, 15) is 4.79 Å². The lowest BCUT2D eigenvalue weighted by atomic mass is 10.2. The molecule has 0 bridgehead atoms. The minimum atomic E-state index is 0.0280. The van der Waals surface area contributed by atoms with Gasteiger partial charge in [-0.1, -0.05) is 13.8 Å². The molecule has 1 rings (SSSR count). The third-order valence-electron chi connectivity index (χ3n) is 4.15. The van der Waals surface area contributed by atoms with Crippen LogP contribution in [-0.2, 0) is 4.79 Å². The molecule has 0 saturated carbocycles. The molecule has 0 aromatic carbocycles. The Morgan fingerprint density at radius 3 is 2.64 bits per heavy atom. The first-order valence-electron chi connectivity index (χ1n) is 8.43. The number of amides is 1. The highest BCUT2D eigenvalue weighted by Crippen LogP contribution is 2.17. The van der Waals surface area contributed by atoms with Gasteiger partial charge in [-0.05, 0) is 32.4 Å². The molecule has 1 aliphatic heterocycles. The highest BCUT2D eigenvalue weighted by Gasteiger charge is 2.25. The largest absolute Gasteiger partial charge is 0.356 e. The molecular weight excluding hydrogens is 278 g/mol. The van der Waals surface area contributed by atoms with Crippen LogP contribution in [0.2, 0.25) is 0 Å². The van der Waals surface area contributed by atoms with E-state index in [2.05, 4.69) is 41.0 Å². The van der Waals surface area contributed by atoms with Gasteiger partial charge in [0, 0.05) is 40.3 Å². The van der Waals surface area contributed by atoms with Crippen LogP contribution in [0.25, 0.3) is 0 Å².